The number of ether oxygens (including phenoxy) is 1. The van der Waals surface area contributed by atoms with Crippen molar-refractivity contribution in [3.05, 3.63) is 11.3 Å². The molecule has 0 spiro atoms. The van der Waals surface area contributed by atoms with Gasteiger partial charge in [0, 0.05) is 13.6 Å². The van der Waals surface area contributed by atoms with Crippen molar-refractivity contribution in [2.24, 2.45) is 7.05 Å². The minimum absolute atomic E-state index is 0.0954. The average Bonchev–Trinajstić information content (AvgIpc) is 2.57. The summed E-state index contributed by atoms with van der Waals surface area (Å²) in [6, 6.07) is 0.147. The summed E-state index contributed by atoms with van der Waals surface area (Å²) in [5.74, 6) is -0.260. The number of carbonyl (C=O) groups is 1. The van der Waals surface area contributed by atoms with Crippen molar-refractivity contribution in [3.63, 3.8) is 0 Å². The van der Waals surface area contributed by atoms with E-state index in [4.69, 9.17) is 4.74 Å². The average molecular weight is 253 g/mol. The predicted molar refractivity (Wildman–Crippen MR) is 67.1 cm³/mol. The van der Waals surface area contributed by atoms with E-state index in [1.54, 1.807) is 18.7 Å². The molecule has 0 radical (unpaired) electrons. The molecule has 1 aromatic rings. The van der Waals surface area contributed by atoms with Gasteiger partial charge in [-0.3, -0.25) is 4.68 Å². The SMILES string of the molecule is Cc1nn(C)c(N2CC(C)OCC2C)c1C(=O)O. The molecule has 1 fully saturated rings. The summed E-state index contributed by atoms with van der Waals surface area (Å²) in [7, 11) is 1.78. The highest BCUT2D eigenvalue weighted by atomic mass is 16.5. The van der Waals surface area contributed by atoms with E-state index in [2.05, 4.69) is 10.00 Å². The van der Waals surface area contributed by atoms with Gasteiger partial charge in [0.05, 0.1) is 24.4 Å². The van der Waals surface area contributed by atoms with Crippen LogP contribution in [0.1, 0.15) is 29.9 Å². The first kappa shape index (κ1) is 12.9. The molecule has 2 rings (SSSR count). The molecule has 18 heavy (non-hydrogen) atoms. The van der Waals surface area contributed by atoms with Crippen LogP contribution in [0.2, 0.25) is 0 Å². The molecule has 6 nitrogen and oxygen atoms in total. The van der Waals surface area contributed by atoms with Crippen LogP contribution in [0.15, 0.2) is 0 Å². The summed E-state index contributed by atoms with van der Waals surface area (Å²) in [4.78, 5) is 13.4. The first-order chi connectivity index (χ1) is 8.41. The number of anilines is 1. The van der Waals surface area contributed by atoms with Crippen molar-refractivity contribution in [2.45, 2.75) is 32.9 Å². The number of aromatic carboxylic acids is 1. The smallest absolute Gasteiger partial charge is 0.341 e. The molecule has 0 aromatic carbocycles. The molecule has 0 aliphatic carbocycles. The third kappa shape index (κ3) is 2.08. The van der Waals surface area contributed by atoms with Gasteiger partial charge < -0.3 is 14.7 Å². The molecular weight excluding hydrogens is 234 g/mol. The van der Waals surface area contributed by atoms with Crippen LogP contribution in [-0.4, -0.2) is 46.2 Å². The lowest BCUT2D eigenvalue weighted by molar-refractivity contribution is 0.0335. The Morgan fingerprint density at radius 3 is 2.78 bits per heavy atom. The Morgan fingerprint density at radius 2 is 2.17 bits per heavy atom. The number of aryl methyl sites for hydroxylation is 2. The van der Waals surface area contributed by atoms with Crippen LogP contribution in [0.4, 0.5) is 5.82 Å². The fourth-order valence-electron chi connectivity index (χ4n) is 2.42. The maximum absolute atomic E-state index is 11.4. The van der Waals surface area contributed by atoms with Crippen LogP contribution in [0, 0.1) is 6.92 Å². The molecule has 6 heteroatoms. The van der Waals surface area contributed by atoms with Gasteiger partial charge in [0.15, 0.2) is 0 Å². The van der Waals surface area contributed by atoms with Crippen LogP contribution in [0.5, 0.6) is 0 Å². The van der Waals surface area contributed by atoms with E-state index in [0.29, 0.717) is 30.2 Å². The zero-order valence-electron chi connectivity index (χ0n) is 11.2. The fourth-order valence-corrected chi connectivity index (χ4v) is 2.42. The third-order valence-electron chi connectivity index (χ3n) is 3.29. The summed E-state index contributed by atoms with van der Waals surface area (Å²) >= 11 is 0. The Balaban J connectivity index is 2.46. The van der Waals surface area contributed by atoms with Gasteiger partial charge in [-0.1, -0.05) is 0 Å². The second-order valence-electron chi connectivity index (χ2n) is 4.86. The van der Waals surface area contributed by atoms with E-state index in [9.17, 15) is 9.90 Å². The van der Waals surface area contributed by atoms with Crippen LogP contribution in [0.3, 0.4) is 0 Å². The quantitative estimate of drug-likeness (QED) is 0.853. The van der Waals surface area contributed by atoms with E-state index in [1.807, 2.05) is 13.8 Å². The lowest BCUT2D eigenvalue weighted by Gasteiger charge is -2.38. The van der Waals surface area contributed by atoms with Crippen LogP contribution >= 0.6 is 0 Å². The number of aromatic nitrogens is 2. The maximum Gasteiger partial charge on any atom is 0.341 e. The van der Waals surface area contributed by atoms with Crippen molar-refractivity contribution >= 4 is 11.8 Å². The number of carboxylic acid groups (broad SMARTS) is 1. The second-order valence-corrected chi connectivity index (χ2v) is 4.86. The first-order valence-electron chi connectivity index (χ1n) is 6.07. The van der Waals surface area contributed by atoms with Crippen molar-refractivity contribution in [1.82, 2.24) is 9.78 Å². The van der Waals surface area contributed by atoms with E-state index >= 15 is 0 Å². The molecule has 1 saturated heterocycles. The topological polar surface area (TPSA) is 67.6 Å². The van der Waals surface area contributed by atoms with Crippen molar-refractivity contribution in [1.29, 1.82) is 0 Å². The van der Waals surface area contributed by atoms with Gasteiger partial charge in [-0.25, -0.2) is 4.79 Å². The van der Waals surface area contributed by atoms with Gasteiger partial charge in [0.2, 0.25) is 0 Å². The molecule has 0 saturated carbocycles. The summed E-state index contributed by atoms with van der Waals surface area (Å²) in [5, 5.41) is 13.6. The highest BCUT2D eigenvalue weighted by molar-refractivity contribution is 5.95. The van der Waals surface area contributed by atoms with Gasteiger partial charge in [-0.05, 0) is 20.8 Å². The first-order valence-corrected chi connectivity index (χ1v) is 6.07. The van der Waals surface area contributed by atoms with Gasteiger partial charge in [0.1, 0.15) is 11.4 Å². The van der Waals surface area contributed by atoms with Crippen molar-refractivity contribution in [3.8, 4) is 0 Å². The Kier molecular flexibility index (Phi) is 3.30. The number of hydrogen-bond acceptors (Lipinski definition) is 4. The Bertz CT molecular complexity index is 469. The van der Waals surface area contributed by atoms with Crippen LogP contribution < -0.4 is 4.90 Å². The van der Waals surface area contributed by atoms with E-state index in [-0.39, 0.29) is 12.1 Å². The Morgan fingerprint density at radius 1 is 1.50 bits per heavy atom. The van der Waals surface area contributed by atoms with Crippen LogP contribution in [0.25, 0.3) is 0 Å². The molecule has 1 N–H and O–H groups in total. The molecule has 0 bridgehead atoms. The minimum atomic E-state index is -0.929. The highest BCUT2D eigenvalue weighted by Gasteiger charge is 2.31. The van der Waals surface area contributed by atoms with E-state index in [0.717, 1.165) is 0 Å². The lowest BCUT2D eigenvalue weighted by Crippen LogP contribution is -2.48. The summed E-state index contributed by atoms with van der Waals surface area (Å²) in [6.07, 6.45) is 0.0954. The molecular formula is C12H19N3O3. The van der Waals surface area contributed by atoms with Gasteiger partial charge >= 0.3 is 5.97 Å². The summed E-state index contributed by atoms with van der Waals surface area (Å²) in [5.41, 5.74) is 0.838. The van der Waals surface area contributed by atoms with Crippen molar-refractivity contribution in [2.75, 3.05) is 18.1 Å². The van der Waals surface area contributed by atoms with Gasteiger partial charge in [-0.2, -0.15) is 5.10 Å². The summed E-state index contributed by atoms with van der Waals surface area (Å²) < 4.78 is 7.22. The molecule has 1 aromatic heterocycles. The molecule has 2 atom stereocenters. The summed E-state index contributed by atoms with van der Waals surface area (Å²) in [6.45, 7) is 7.02. The molecule has 1 aliphatic heterocycles. The molecule has 100 valence electrons. The number of rotatable bonds is 2. The molecule has 2 unspecified atom stereocenters. The molecule has 2 heterocycles. The minimum Gasteiger partial charge on any atom is -0.477 e. The third-order valence-corrected chi connectivity index (χ3v) is 3.29. The maximum atomic E-state index is 11.4. The zero-order valence-corrected chi connectivity index (χ0v) is 11.2. The molecule has 0 amide bonds. The van der Waals surface area contributed by atoms with Crippen LogP contribution in [-0.2, 0) is 11.8 Å². The number of morpholine rings is 1. The van der Waals surface area contributed by atoms with E-state index in [1.165, 1.54) is 0 Å². The Hall–Kier alpha value is -1.56. The lowest BCUT2D eigenvalue weighted by atomic mass is 10.1. The number of carboxylic acids is 1. The second kappa shape index (κ2) is 4.61. The fraction of sp³-hybridized carbons (Fsp3) is 0.667. The molecule has 1 aliphatic rings. The van der Waals surface area contributed by atoms with Gasteiger partial charge in [0.25, 0.3) is 0 Å². The highest BCUT2D eigenvalue weighted by Crippen LogP contribution is 2.27. The monoisotopic (exact) mass is 253 g/mol. The van der Waals surface area contributed by atoms with E-state index < -0.39 is 5.97 Å². The standard InChI is InChI=1S/C12H19N3O3/c1-7-6-18-8(2)5-15(7)11-10(12(16)17)9(3)13-14(11)4/h7-8H,5-6H2,1-4H3,(H,16,17). The van der Waals surface area contributed by atoms with Crippen molar-refractivity contribution < 1.29 is 14.6 Å². The largest absolute Gasteiger partial charge is 0.477 e. The zero-order chi connectivity index (χ0) is 13.4. The normalized spacial score (nSPS) is 24.3. The number of hydrogen-bond donors (Lipinski definition) is 1. The predicted octanol–water partition coefficient (Wildman–Crippen LogP) is 1.04. The van der Waals surface area contributed by atoms with Gasteiger partial charge in [-0.15, -0.1) is 0 Å². The Labute approximate surface area is 106 Å². The number of nitrogens with zero attached hydrogens (tertiary/aromatic N) is 3.